The van der Waals surface area contributed by atoms with E-state index in [4.69, 9.17) is 10.2 Å². The van der Waals surface area contributed by atoms with Gasteiger partial charge in [0.15, 0.2) is 0 Å². The number of aliphatic hydroxyl groups excluding tert-OH is 1. The molecule has 1 aromatic rings. The summed E-state index contributed by atoms with van der Waals surface area (Å²) in [4.78, 5) is 11.0. The van der Waals surface area contributed by atoms with Crippen molar-refractivity contribution in [3.63, 3.8) is 0 Å². The third-order valence-corrected chi connectivity index (χ3v) is 1.78. The van der Waals surface area contributed by atoms with Gasteiger partial charge < -0.3 is 20.0 Å². The number of nitrogens with two attached hydrogens (primary N) is 1. The molecule has 0 spiro atoms. The summed E-state index contributed by atoms with van der Waals surface area (Å²) in [6.07, 6.45) is -0.368. The van der Waals surface area contributed by atoms with Crippen molar-refractivity contribution in [3.8, 4) is 0 Å². The maximum atomic E-state index is 11.0. The summed E-state index contributed by atoms with van der Waals surface area (Å²) in [5, 5.41) is 9.46. The summed E-state index contributed by atoms with van der Waals surface area (Å²) in [7, 11) is 1.26. The maximum absolute atomic E-state index is 11.0. The fraction of sp³-hybridized carbons (Fsp3) is 0.444. The molecule has 14 heavy (non-hydrogen) atoms. The highest BCUT2D eigenvalue weighted by Crippen LogP contribution is 2.19. The number of furan rings is 1. The van der Waals surface area contributed by atoms with Crippen LogP contribution in [0.4, 0.5) is 0 Å². The zero-order valence-corrected chi connectivity index (χ0v) is 7.90. The summed E-state index contributed by atoms with van der Waals surface area (Å²) >= 11 is 0. The van der Waals surface area contributed by atoms with Gasteiger partial charge in [-0.25, -0.2) is 4.79 Å². The van der Waals surface area contributed by atoms with Gasteiger partial charge in [0.2, 0.25) is 5.76 Å². The van der Waals surface area contributed by atoms with E-state index in [0.717, 1.165) is 0 Å². The topological polar surface area (TPSA) is 85.7 Å². The highest BCUT2D eigenvalue weighted by molar-refractivity contribution is 5.86. The number of methoxy groups -OCH3 is 1. The van der Waals surface area contributed by atoms with Crippen molar-refractivity contribution in [2.24, 2.45) is 5.73 Å². The Morgan fingerprint density at radius 1 is 1.71 bits per heavy atom. The third kappa shape index (κ3) is 2.34. The zero-order valence-electron chi connectivity index (χ0n) is 7.90. The van der Waals surface area contributed by atoms with E-state index >= 15 is 0 Å². The van der Waals surface area contributed by atoms with Crippen molar-refractivity contribution in [2.75, 3.05) is 13.7 Å². The Morgan fingerprint density at radius 2 is 2.43 bits per heavy atom. The number of rotatable bonds is 4. The van der Waals surface area contributed by atoms with Gasteiger partial charge in [-0.1, -0.05) is 0 Å². The number of hydrogen-bond acceptors (Lipinski definition) is 5. The molecule has 0 aliphatic carbocycles. The largest absolute Gasteiger partial charge is 0.463 e. The van der Waals surface area contributed by atoms with Crippen molar-refractivity contribution in [1.29, 1.82) is 0 Å². The van der Waals surface area contributed by atoms with Gasteiger partial charge in [0, 0.05) is 0 Å². The lowest BCUT2D eigenvalue weighted by Crippen LogP contribution is -2.06. The van der Waals surface area contributed by atoms with E-state index in [2.05, 4.69) is 4.74 Å². The number of esters is 1. The van der Waals surface area contributed by atoms with Crippen LogP contribution in [0.3, 0.4) is 0 Å². The summed E-state index contributed by atoms with van der Waals surface area (Å²) in [6.45, 7) is 0.357. The van der Waals surface area contributed by atoms with Crippen LogP contribution in [0.2, 0.25) is 0 Å². The van der Waals surface area contributed by atoms with E-state index in [1.54, 1.807) is 0 Å². The molecule has 3 N–H and O–H groups in total. The first-order valence-electron chi connectivity index (χ1n) is 4.25. The average molecular weight is 199 g/mol. The minimum atomic E-state index is -0.765. The third-order valence-electron chi connectivity index (χ3n) is 1.78. The molecule has 0 aliphatic rings. The Bertz CT molecular complexity index is 308. The van der Waals surface area contributed by atoms with E-state index in [1.807, 2.05) is 0 Å². The van der Waals surface area contributed by atoms with E-state index in [-0.39, 0.29) is 5.76 Å². The van der Waals surface area contributed by atoms with Crippen molar-refractivity contribution >= 4 is 5.97 Å². The fourth-order valence-electron chi connectivity index (χ4n) is 1.04. The van der Waals surface area contributed by atoms with Crippen LogP contribution in [0, 0.1) is 0 Å². The van der Waals surface area contributed by atoms with Crippen molar-refractivity contribution in [2.45, 2.75) is 12.5 Å². The number of carbonyl (C=O) groups excluding carboxylic acids is 1. The lowest BCUT2D eigenvalue weighted by molar-refractivity contribution is 0.0554. The first kappa shape index (κ1) is 10.7. The van der Waals surface area contributed by atoms with Crippen molar-refractivity contribution < 1.29 is 19.1 Å². The summed E-state index contributed by atoms with van der Waals surface area (Å²) in [5.41, 5.74) is 5.27. The van der Waals surface area contributed by atoms with Crippen LogP contribution in [0.25, 0.3) is 0 Å². The standard InChI is InChI=1S/C9H13NO4/c1-13-9(12)8-3-2-7(14-8)6(11)4-5-10/h2-3,6,11H,4-5,10H2,1H3. The Hall–Kier alpha value is -1.33. The van der Waals surface area contributed by atoms with Crippen LogP contribution in [-0.2, 0) is 4.74 Å². The Morgan fingerprint density at radius 3 is 3.00 bits per heavy atom. The maximum Gasteiger partial charge on any atom is 0.373 e. The van der Waals surface area contributed by atoms with Gasteiger partial charge in [0.1, 0.15) is 11.9 Å². The van der Waals surface area contributed by atoms with Gasteiger partial charge in [-0.2, -0.15) is 0 Å². The zero-order chi connectivity index (χ0) is 10.6. The highest BCUT2D eigenvalue weighted by atomic mass is 16.5. The van der Waals surface area contributed by atoms with Crippen LogP contribution in [0.1, 0.15) is 28.8 Å². The molecule has 0 aliphatic heterocycles. The van der Waals surface area contributed by atoms with E-state index < -0.39 is 12.1 Å². The van der Waals surface area contributed by atoms with E-state index in [0.29, 0.717) is 18.7 Å². The predicted molar refractivity (Wildman–Crippen MR) is 48.7 cm³/mol. The van der Waals surface area contributed by atoms with Gasteiger partial charge in [-0.05, 0) is 25.1 Å². The molecule has 78 valence electrons. The van der Waals surface area contributed by atoms with E-state index in [9.17, 15) is 9.90 Å². The molecule has 0 fully saturated rings. The molecule has 0 radical (unpaired) electrons. The minimum absolute atomic E-state index is 0.0820. The second-order valence-corrected chi connectivity index (χ2v) is 2.79. The van der Waals surface area contributed by atoms with Crippen molar-refractivity contribution in [1.82, 2.24) is 0 Å². The molecule has 5 nitrogen and oxygen atoms in total. The fourth-order valence-corrected chi connectivity index (χ4v) is 1.04. The number of carbonyl (C=O) groups is 1. The molecule has 0 bridgehead atoms. The second-order valence-electron chi connectivity index (χ2n) is 2.79. The monoisotopic (exact) mass is 199 g/mol. The number of aliphatic hydroxyl groups is 1. The van der Waals surface area contributed by atoms with Crippen LogP contribution in [0.15, 0.2) is 16.5 Å². The Kier molecular flexibility index (Phi) is 3.67. The Labute approximate surface area is 81.5 Å². The molecule has 1 unspecified atom stereocenters. The molecule has 0 amide bonds. The first-order valence-corrected chi connectivity index (χ1v) is 4.25. The van der Waals surface area contributed by atoms with Crippen LogP contribution in [-0.4, -0.2) is 24.7 Å². The smallest absolute Gasteiger partial charge is 0.373 e. The normalized spacial score (nSPS) is 12.5. The Balaban J connectivity index is 2.72. The molecule has 5 heteroatoms. The van der Waals surface area contributed by atoms with E-state index in [1.165, 1.54) is 19.2 Å². The minimum Gasteiger partial charge on any atom is -0.463 e. The van der Waals surface area contributed by atoms with Gasteiger partial charge in [0.25, 0.3) is 0 Å². The molecular weight excluding hydrogens is 186 g/mol. The predicted octanol–water partition coefficient (Wildman–Crippen LogP) is 0.448. The lowest BCUT2D eigenvalue weighted by atomic mass is 10.2. The summed E-state index contributed by atoms with van der Waals surface area (Å²) in [5.74, 6) is -0.148. The van der Waals surface area contributed by atoms with Gasteiger partial charge in [-0.15, -0.1) is 0 Å². The summed E-state index contributed by atoms with van der Waals surface area (Å²) < 4.78 is 9.52. The SMILES string of the molecule is COC(=O)c1ccc(C(O)CCN)o1. The average Bonchev–Trinajstić information content (AvgIpc) is 2.66. The highest BCUT2D eigenvalue weighted by Gasteiger charge is 2.15. The molecule has 0 saturated heterocycles. The van der Waals surface area contributed by atoms with Gasteiger partial charge in [0.05, 0.1) is 7.11 Å². The van der Waals surface area contributed by atoms with Crippen LogP contribution < -0.4 is 5.73 Å². The molecule has 0 aromatic carbocycles. The molecule has 1 rings (SSSR count). The molecule has 1 atom stereocenters. The quantitative estimate of drug-likeness (QED) is 0.687. The molecule has 0 saturated carbocycles. The van der Waals surface area contributed by atoms with Gasteiger partial charge in [-0.3, -0.25) is 0 Å². The lowest BCUT2D eigenvalue weighted by Gasteiger charge is -2.04. The number of hydrogen-bond donors (Lipinski definition) is 2. The van der Waals surface area contributed by atoms with Gasteiger partial charge >= 0.3 is 5.97 Å². The van der Waals surface area contributed by atoms with Crippen LogP contribution >= 0.6 is 0 Å². The summed E-state index contributed by atoms with van der Waals surface area (Å²) in [6, 6.07) is 2.99. The first-order chi connectivity index (χ1) is 6.69. The number of ether oxygens (including phenoxy) is 1. The molecule has 1 aromatic heterocycles. The second kappa shape index (κ2) is 4.78. The van der Waals surface area contributed by atoms with Crippen LogP contribution in [0.5, 0.6) is 0 Å². The molecular formula is C9H13NO4. The molecule has 1 heterocycles. The van der Waals surface area contributed by atoms with Crippen molar-refractivity contribution in [3.05, 3.63) is 23.7 Å².